The predicted molar refractivity (Wildman–Crippen MR) is 130 cm³/mol. The molecule has 32 heavy (non-hydrogen) atoms. The Kier molecular flexibility index (Phi) is 6.12. The van der Waals surface area contributed by atoms with Gasteiger partial charge in [-0.05, 0) is 37.1 Å². The molecule has 3 aromatic rings. The molecule has 2 heterocycles. The maximum atomic E-state index is 12.8. The number of fused-ring (bicyclic) bond motifs is 1. The Morgan fingerprint density at radius 2 is 1.69 bits per heavy atom. The highest BCUT2D eigenvalue weighted by Gasteiger charge is 2.24. The van der Waals surface area contributed by atoms with Crippen LogP contribution in [-0.4, -0.2) is 46.5 Å². The SMILES string of the molecule is Cn1c(CN2CCN(c3ccccc3NC(=O)C3CCCCC3)CC2)nc2ccccc21. The molecule has 1 aliphatic carbocycles. The van der Waals surface area contributed by atoms with Gasteiger partial charge in [0, 0.05) is 39.1 Å². The molecule has 6 heteroatoms. The third-order valence-electron chi connectivity index (χ3n) is 7.10. The average Bonchev–Trinajstić information content (AvgIpc) is 3.16. The van der Waals surface area contributed by atoms with Crippen LogP contribution in [-0.2, 0) is 18.4 Å². The molecule has 2 aliphatic rings. The molecule has 1 aromatic heterocycles. The number of benzene rings is 2. The van der Waals surface area contributed by atoms with Gasteiger partial charge in [-0.15, -0.1) is 0 Å². The van der Waals surface area contributed by atoms with Gasteiger partial charge >= 0.3 is 0 Å². The summed E-state index contributed by atoms with van der Waals surface area (Å²) < 4.78 is 2.21. The first kappa shape index (κ1) is 21.0. The van der Waals surface area contributed by atoms with Gasteiger partial charge in [0.2, 0.25) is 5.91 Å². The van der Waals surface area contributed by atoms with Gasteiger partial charge in [-0.1, -0.05) is 43.5 Å². The third-order valence-corrected chi connectivity index (χ3v) is 7.10. The lowest BCUT2D eigenvalue weighted by atomic mass is 9.88. The molecule has 1 aliphatic heterocycles. The van der Waals surface area contributed by atoms with Crippen LogP contribution in [0.1, 0.15) is 37.9 Å². The van der Waals surface area contributed by atoms with Gasteiger partial charge < -0.3 is 14.8 Å². The van der Waals surface area contributed by atoms with Crippen molar-refractivity contribution in [2.45, 2.75) is 38.6 Å². The van der Waals surface area contributed by atoms with Crippen LogP contribution in [0.15, 0.2) is 48.5 Å². The second kappa shape index (κ2) is 9.33. The van der Waals surface area contributed by atoms with Crippen molar-refractivity contribution in [3.63, 3.8) is 0 Å². The van der Waals surface area contributed by atoms with Crippen molar-refractivity contribution in [1.29, 1.82) is 0 Å². The number of piperazine rings is 1. The summed E-state index contributed by atoms with van der Waals surface area (Å²) in [7, 11) is 2.10. The summed E-state index contributed by atoms with van der Waals surface area (Å²) in [6.45, 7) is 4.71. The van der Waals surface area contributed by atoms with Crippen LogP contribution in [0.3, 0.4) is 0 Å². The number of carbonyl (C=O) groups is 1. The summed E-state index contributed by atoms with van der Waals surface area (Å²) in [5.74, 6) is 1.47. The number of aromatic nitrogens is 2. The minimum atomic E-state index is 0.168. The molecule has 2 fully saturated rings. The van der Waals surface area contributed by atoms with Gasteiger partial charge in [-0.2, -0.15) is 0 Å². The van der Waals surface area contributed by atoms with Crippen molar-refractivity contribution in [2.75, 3.05) is 36.4 Å². The van der Waals surface area contributed by atoms with Crippen molar-refractivity contribution >= 4 is 28.3 Å². The number of amides is 1. The molecule has 0 spiro atoms. The molecule has 0 atom stereocenters. The third kappa shape index (κ3) is 4.37. The number of carbonyl (C=O) groups excluding carboxylic acids is 1. The number of nitrogens with one attached hydrogen (secondary N) is 1. The molecular weight excluding hydrogens is 398 g/mol. The van der Waals surface area contributed by atoms with E-state index in [1.807, 2.05) is 18.2 Å². The van der Waals surface area contributed by atoms with E-state index in [-0.39, 0.29) is 11.8 Å². The van der Waals surface area contributed by atoms with E-state index >= 15 is 0 Å². The number of aryl methyl sites for hydroxylation is 1. The van der Waals surface area contributed by atoms with Crippen molar-refractivity contribution in [3.05, 3.63) is 54.4 Å². The lowest BCUT2D eigenvalue weighted by molar-refractivity contribution is -0.120. The minimum Gasteiger partial charge on any atom is -0.367 e. The van der Waals surface area contributed by atoms with Crippen LogP contribution in [0, 0.1) is 5.92 Å². The summed E-state index contributed by atoms with van der Waals surface area (Å²) >= 11 is 0. The van der Waals surface area contributed by atoms with Crippen molar-refractivity contribution in [1.82, 2.24) is 14.5 Å². The molecule has 6 nitrogen and oxygen atoms in total. The zero-order valence-corrected chi connectivity index (χ0v) is 19.0. The van der Waals surface area contributed by atoms with E-state index in [0.717, 1.165) is 68.3 Å². The largest absolute Gasteiger partial charge is 0.367 e. The first-order valence-corrected chi connectivity index (χ1v) is 12.0. The van der Waals surface area contributed by atoms with E-state index in [9.17, 15) is 4.79 Å². The normalized spacial score (nSPS) is 18.2. The van der Waals surface area contributed by atoms with Crippen LogP contribution in [0.2, 0.25) is 0 Å². The minimum absolute atomic E-state index is 0.168. The Labute approximate surface area is 190 Å². The molecule has 1 saturated carbocycles. The summed E-state index contributed by atoms with van der Waals surface area (Å²) in [6, 6.07) is 16.6. The average molecular weight is 432 g/mol. The van der Waals surface area contributed by atoms with Gasteiger partial charge in [0.05, 0.1) is 29.0 Å². The van der Waals surface area contributed by atoms with Crippen molar-refractivity contribution in [3.8, 4) is 0 Å². The second-order valence-electron chi connectivity index (χ2n) is 9.18. The van der Waals surface area contributed by atoms with Gasteiger partial charge in [0.15, 0.2) is 0 Å². The Balaban J connectivity index is 1.22. The number of rotatable bonds is 5. The molecule has 1 amide bonds. The first-order chi connectivity index (χ1) is 15.7. The Bertz CT molecular complexity index is 1080. The fourth-order valence-electron chi connectivity index (χ4n) is 5.14. The van der Waals surface area contributed by atoms with E-state index in [1.165, 1.54) is 24.8 Å². The summed E-state index contributed by atoms with van der Waals surface area (Å²) in [5, 5.41) is 3.24. The van der Waals surface area contributed by atoms with Crippen molar-refractivity contribution < 1.29 is 4.79 Å². The maximum Gasteiger partial charge on any atom is 0.227 e. The van der Waals surface area contributed by atoms with Crippen LogP contribution < -0.4 is 10.2 Å². The molecule has 1 saturated heterocycles. The summed E-state index contributed by atoms with van der Waals surface area (Å²) in [5.41, 5.74) is 4.33. The number of hydrogen-bond donors (Lipinski definition) is 1. The first-order valence-electron chi connectivity index (χ1n) is 12.0. The molecule has 2 aromatic carbocycles. The van der Waals surface area contributed by atoms with E-state index in [2.05, 4.69) is 57.1 Å². The monoisotopic (exact) mass is 431 g/mol. The lowest BCUT2D eigenvalue weighted by Crippen LogP contribution is -2.46. The molecule has 0 bridgehead atoms. The summed E-state index contributed by atoms with van der Waals surface area (Å²) in [4.78, 5) is 22.5. The van der Waals surface area contributed by atoms with Crippen LogP contribution in [0.25, 0.3) is 11.0 Å². The maximum absolute atomic E-state index is 12.8. The Morgan fingerprint density at radius 1 is 0.969 bits per heavy atom. The highest BCUT2D eigenvalue weighted by Crippen LogP contribution is 2.30. The molecule has 168 valence electrons. The number of para-hydroxylation sites is 4. The predicted octanol–water partition coefficient (Wildman–Crippen LogP) is 4.41. The molecule has 0 unspecified atom stereocenters. The number of anilines is 2. The van der Waals surface area contributed by atoms with Crippen molar-refractivity contribution in [2.24, 2.45) is 13.0 Å². The van der Waals surface area contributed by atoms with Gasteiger partial charge in [0.25, 0.3) is 0 Å². The zero-order valence-electron chi connectivity index (χ0n) is 19.0. The lowest BCUT2D eigenvalue weighted by Gasteiger charge is -2.37. The van der Waals surface area contributed by atoms with E-state index in [1.54, 1.807) is 0 Å². The quantitative estimate of drug-likeness (QED) is 0.650. The van der Waals surface area contributed by atoms with Crippen LogP contribution in [0.4, 0.5) is 11.4 Å². The van der Waals surface area contributed by atoms with E-state index < -0.39 is 0 Å². The van der Waals surface area contributed by atoms with Gasteiger partial charge in [-0.25, -0.2) is 4.98 Å². The molecule has 5 rings (SSSR count). The molecule has 1 N–H and O–H groups in total. The molecule has 0 radical (unpaired) electrons. The fourth-order valence-corrected chi connectivity index (χ4v) is 5.14. The highest BCUT2D eigenvalue weighted by atomic mass is 16.1. The Morgan fingerprint density at radius 3 is 2.47 bits per heavy atom. The highest BCUT2D eigenvalue weighted by molar-refractivity contribution is 5.95. The molecular formula is C26H33N5O. The van der Waals surface area contributed by atoms with Gasteiger partial charge in [-0.3, -0.25) is 9.69 Å². The fraction of sp³-hybridized carbons (Fsp3) is 0.462. The van der Waals surface area contributed by atoms with Gasteiger partial charge in [0.1, 0.15) is 5.82 Å². The van der Waals surface area contributed by atoms with Crippen LogP contribution in [0.5, 0.6) is 0 Å². The number of nitrogens with zero attached hydrogens (tertiary/aromatic N) is 4. The smallest absolute Gasteiger partial charge is 0.227 e. The topological polar surface area (TPSA) is 53.4 Å². The second-order valence-corrected chi connectivity index (χ2v) is 9.18. The standard InChI is InChI=1S/C26H33N5O/c1-29-23-13-7-5-11-21(23)27-25(29)19-30-15-17-31(18-16-30)24-14-8-6-12-22(24)28-26(32)20-9-3-2-4-10-20/h5-8,11-14,20H,2-4,9-10,15-19H2,1H3,(H,28,32). The van der Waals surface area contributed by atoms with Crippen LogP contribution >= 0.6 is 0 Å². The number of hydrogen-bond acceptors (Lipinski definition) is 4. The Hall–Kier alpha value is -2.86. The van der Waals surface area contributed by atoms with E-state index in [0.29, 0.717) is 0 Å². The number of imidazole rings is 1. The van der Waals surface area contributed by atoms with E-state index in [4.69, 9.17) is 4.98 Å². The summed E-state index contributed by atoms with van der Waals surface area (Å²) in [6.07, 6.45) is 5.66. The zero-order chi connectivity index (χ0) is 21.9.